The lowest BCUT2D eigenvalue weighted by Crippen LogP contribution is -3.16. The van der Waals surface area contributed by atoms with Gasteiger partial charge in [0.1, 0.15) is 35.7 Å². The minimum Gasteiger partial charge on any atom is -0.497 e. The van der Waals surface area contributed by atoms with Crippen molar-refractivity contribution in [3.8, 4) is 5.75 Å². The van der Waals surface area contributed by atoms with Crippen molar-refractivity contribution in [1.82, 2.24) is 5.32 Å². The van der Waals surface area contributed by atoms with Crippen molar-refractivity contribution in [2.75, 3.05) is 33.4 Å². The normalized spacial score (nSPS) is 28.1. The standard InChI is InChI=1S/C28H34N2O9S/c1-17-13-30(40(34,35)26-8-7-20(36-2)12-22(17)26)14-24(32)23(11-18-3-5-19(15-31)6-4-18)29-28(33)39-25-16-38-27-21(25)9-10-37-27/h3-8,12,15,17,21,23-25,27,32H,9-11,13-14,16H2,1-2H3,(H,29,33)/p+1/t17?,21-,23-,24+,25-,27+/m0/s1. The van der Waals surface area contributed by atoms with E-state index in [0.29, 0.717) is 23.5 Å². The fourth-order valence-electron chi connectivity index (χ4n) is 5.71. The Bertz CT molecular complexity index is 1330. The Morgan fingerprint density at radius 3 is 2.73 bits per heavy atom. The monoisotopic (exact) mass is 575 g/mol. The van der Waals surface area contributed by atoms with E-state index in [1.807, 2.05) is 6.92 Å². The van der Waals surface area contributed by atoms with E-state index in [-0.39, 0.29) is 53.4 Å². The van der Waals surface area contributed by atoms with E-state index in [2.05, 4.69) is 5.32 Å². The number of rotatable bonds is 9. The number of nitrogens with one attached hydrogen (secondary N) is 2. The number of amides is 1. The van der Waals surface area contributed by atoms with Crippen LogP contribution in [0.2, 0.25) is 0 Å². The molecular weight excluding hydrogens is 540 g/mol. The number of carbonyl (C=O) groups excluding carboxylic acids is 2. The maximum atomic E-state index is 13.5. The third-order valence-corrected chi connectivity index (χ3v) is 10.0. The molecule has 5 rings (SSSR count). The second kappa shape index (κ2) is 11.8. The number of methoxy groups -OCH3 is 1. The number of aliphatic hydroxyl groups is 1. The largest absolute Gasteiger partial charge is 0.497 e. The summed E-state index contributed by atoms with van der Waals surface area (Å²) in [5.74, 6) is 0.427. The minimum atomic E-state index is -3.82. The molecule has 0 aromatic heterocycles. The molecule has 2 aromatic carbocycles. The van der Waals surface area contributed by atoms with Crippen LogP contribution in [0.25, 0.3) is 0 Å². The topological polar surface area (TPSA) is 142 Å². The van der Waals surface area contributed by atoms with Gasteiger partial charge in [0.2, 0.25) is 0 Å². The highest BCUT2D eigenvalue weighted by Gasteiger charge is 2.45. The first kappa shape index (κ1) is 28.5. The van der Waals surface area contributed by atoms with E-state index in [0.717, 1.165) is 18.3 Å². The number of aldehydes is 1. The predicted octanol–water partition coefficient (Wildman–Crippen LogP) is 0.658. The third-order valence-electron chi connectivity index (χ3n) is 7.97. The van der Waals surface area contributed by atoms with Crippen molar-refractivity contribution in [3.63, 3.8) is 0 Å². The summed E-state index contributed by atoms with van der Waals surface area (Å²) in [6.45, 7) is 2.79. The molecule has 3 N–H and O–H groups in total. The number of sulfonamides is 1. The minimum absolute atomic E-state index is 0.0480. The first-order valence-corrected chi connectivity index (χ1v) is 14.9. The molecule has 0 radical (unpaired) electrons. The summed E-state index contributed by atoms with van der Waals surface area (Å²) in [6, 6.07) is 10.8. The Hall–Kier alpha value is -3.03. The summed E-state index contributed by atoms with van der Waals surface area (Å²) in [6.07, 6.45) is -1.15. The lowest BCUT2D eigenvalue weighted by atomic mass is 9.98. The average molecular weight is 576 g/mol. The second-order valence-electron chi connectivity index (χ2n) is 10.6. The summed E-state index contributed by atoms with van der Waals surface area (Å²) in [5, 5.41) is 14.1. The van der Waals surface area contributed by atoms with Crippen LogP contribution in [-0.4, -0.2) is 83.9 Å². The fourth-order valence-corrected chi connectivity index (χ4v) is 7.70. The number of aliphatic hydroxyl groups excluding tert-OH is 1. The van der Waals surface area contributed by atoms with Gasteiger partial charge in [-0.3, -0.25) is 4.79 Å². The van der Waals surface area contributed by atoms with Crippen molar-refractivity contribution in [1.29, 1.82) is 0 Å². The lowest BCUT2D eigenvalue weighted by molar-refractivity contribution is -0.775. The molecule has 3 aliphatic heterocycles. The van der Waals surface area contributed by atoms with Crippen LogP contribution in [0.3, 0.4) is 0 Å². The van der Waals surface area contributed by atoms with Gasteiger partial charge in [0.25, 0.3) is 0 Å². The molecule has 0 spiro atoms. The highest BCUT2D eigenvalue weighted by atomic mass is 32.2. The molecule has 40 heavy (non-hydrogen) atoms. The summed E-state index contributed by atoms with van der Waals surface area (Å²) >= 11 is 0. The molecule has 0 bridgehead atoms. The van der Waals surface area contributed by atoms with Crippen LogP contribution >= 0.6 is 0 Å². The second-order valence-corrected chi connectivity index (χ2v) is 12.6. The van der Waals surface area contributed by atoms with Gasteiger partial charge in [0, 0.05) is 11.5 Å². The number of alkyl carbamates (subject to hydrolysis) is 1. The van der Waals surface area contributed by atoms with Gasteiger partial charge in [0.05, 0.1) is 38.8 Å². The van der Waals surface area contributed by atoms with Gasteiger partial charge in [-0.1, -0.05) is 31.2 Å². The Labute approximate surface area is 233 Å². The molecule has 3 heterocycles. The van der Waals surface area contributed by atoms with Crippen LogP contribution in [0.5, 0.6) is 5.75 Å². The molecule has 2 aromatic rings. The number of hydrogen-bond donors (Lipinski definition) is 3. The fraction of sp³-hybridized carbons (Fsp3) is 0.500. The molecule has 2 fully saturated rings. The van der Waals surface area contributed by atoms with Gasteiger partial charge in [-0.05, 0) is 42.2 Å². The molecule has 12 heteroatoms. The predicted molar refractivity (Wildman–Crippen MR) is 142 cm³/mol. The van der Waals surface area contributed by atoms with Crippen LogP contribution in [-0.2, 0) is 30.7 Å². The molecule has 2 unspecified atom stereocenters. The molecule has 1 amide bonds. The molecule has 0 aliphatic carbocycles. The van der Waals surface area contributed by atoms with Crippen LogP contribution in [0.4, 0.5) is 4.79 Å². The quantitative estimate of drug-likeness (QED) is 0.368. The number of quaternary nitrogens is 1. The van der Waals surface area contributed by atoms with Crippen molar-refractivity contribution >= 4 is 22.4 Å². The summed E-state index contributed by atoms with van der Waals surface area (Å²) in [5.41, 5.74) is 1.93. The first-order valence-electron chi connectivity index (χ1n) is 13.4. The highest BCUT2D eigenvalue weighted by molar-refractivity contribution is 7.85. The molecule has 2 saturated heterocycles. The number of benzene rings is 2. The van der Waals surface area contributed by atoms with Gasteiger partial charge in [0.15, 0.2) is 6.29 Å². The van der Waals surface area contributed by atoms with Gasteiger partial charge in [-0.25, -0.2) is 9.10 Å². The van der Waals surface area contributed by atoms with E-state index < -0.39 is 34.4 Å². The smallest absolute Gasteiger partial charge is 0.407 e. The zero-order valence-corrected chi connectivity index (χ0v) is 23.3. The maximum absolute atomic E-state index is 13.5. The zero-order chi connectivity index (χ0) is 28.4. The third kappa shape index (κ3) is 5.86. The van der Waals surface area contributed by atoms with Crippen LogP contribution in [0.15, 0.2) is 47.4 Å². The van der Waals surface area contributed by atoms with Gasteiger partial charge >= 0.3 is 16.1 Å². The Morgan fingerprint density at radius 2 is 2.00 bits per heavy atom. The molecule has 3 aliphatic rings. The summed E-state index contributed by atoms with van der Waals surface area (Å²) < 4.78 is 49.2. The van der Waals surface area contributed by atoms with Crippen LogP contribution in [0.1, 0.15) is 40.7 Å². The van der Waals surface area contributed by atoms with Crippen molar-refractivity contribution < 1.29 is 46.4 Å². The van der Waals surface area contributed by atoms with Gasteiger partial charge < -0.3 is 29.4 Å². The van der Waals surface area contributed by atoms with Crippen molar-refractivity contribution in [2.24, 2.45) is 5.92 Å². The van der Waals surface area contributed by atoms with E-state index >= 15 is 0 Å². The molecular formula is C28H35N2O9S+. The molecule has 7 atom stereocenters. The molecule has 11 nitrogen and oxygen atoms in total. The van der Waals surface area contributed by atoms with E-state index in [1.54, 1.807) is 36.4 Å². The van der Waals surface area contributed by atoms with Gasteiger partial charge in [-0.2, -0.15) is 8.42 Å². The average Bonchev–Trinajstić information content (AvgIpc) is 3.56. The number of fused-ring (bicyclic) bond motifs is 2. The zero-order valence-electron chi connectivity index (χ0n) is 22.4. The molecule has 0 saturated carbocycles. The Balaban J connectivity index is 1.33. The van der Waals surface area contributed by atoms with Crippen molar-refractivity contribution in [2.45, 2.75) is 55.1 Å². The van der Waals surface area contributed by atoms with E-state index in [1.165, 1.54) is 13.2 Å². The van der Waals surface area contributed by atoms with Gasteiger partial charge in [-0.15, -0.1) is 0 Å². The number of hydrogen-bond acceptors (Lipinski definition) is 9. The SMILES string of the molecule is COc1ccc2c(c1)C(C)C[NH+](C[C@@H](O)[C@H](Cc1ccc(C=O)cc1)NC(=O)O[C@H]1CO[C@H]3OCC[C@H]31)S2(=O)=O. The first-order chi connectivity index (χ1) is 19.2. The van der Waals surface area contributed by atoms with Crippen molar-refractivity contribution in [3.05, 3.63) is 59.2 Å². The number of carbonyl (C=O) groups is 2. The molecule has 216 valence electrons. The number of ether oxygens (including phenoxy) is 4. The summed E-state index contributed by atoms with van der Waals surface area (Å²) in [4.78, 5) is 24.2. The van der Waals surface area contributed by atoms with Crippen LogP contribution < -0.4 is 14.4 Å². The highest BCUT2D eigenvalue weighted by Crippen LogP contribution is 2.33. The Kier molecular flexibility index (Phi) is 8.43. The van der Waals surface area contributed by atoms with E-state index in [4.69, 9.17) is 18.9 Å². The lowest BCUT2D eigenvalue weighted by Gasteiger charge is -2.32. The Morgan fingerprint density at radius 1 is 1.23 bits per heavy atom. The van der Waals surface area contributed by atoms with E-state index in [9.17, 15) is 23.1 Å². The maximum Gasteiger partial charge on any atom is 0.407 e. The summed E-state index contributed by atoms with van der Waals surface area (Å²) in [7, 11) is -2.29. The van der Waals surface area contributed by atoms with Crippen LogP contribution in [0, 0.1) is 5.92 Å².